The molecule has 4 aromatic rings. The zero-order chi connectivity index (χ0) is 30.6. The lowest BCUT2D eigenvalue weighted by molar-refractivity contribution is -0.119. The molecule has 2 amide bonds. The van der Waals surface area contributed by atoms with E-state index >= 15 is 0 Å². The molecule has 222 valence electrons. The fraction of sp³-hybridized carbons (Fsp3) is 0.211. The smallest absolute Gasteiger partial charge is 0.250 e. The molecule has 2 aliphatic rings. The molecule has 0 radical (unpaired) electrons. The number of amides is 2. The van der Waals surface area contributed by atoms with Gasteiger partial charge in [-0.25, -0.2) is 0 Å². The van der Waals surface area contributed by atoms with Crippen molar-refractivity contribution < 1.29 is 19.1 Å². The first-order valence-electron chi connectivity index (χ1n) is 15.0. The molecule has 0 unspecified atom stereocenters. The maximum absolute atomic E-state index is 13.4. The van der Waals surface area contributed by atoms with Gasteiger partial charge in [0.2, 0.25) is 0 Å². The Morgan fingerprint density at radius 1 is 0.523 bits per heavy atom. The molecule has 2 N–H and O–H groups in total. The Morgan fingerprint density at radius 2 is 0.795 bits per heavy atom. The van der Waals surface area contributed by atoms with Gasteiger partial charge >= 0.3 is 0 Å². The number of rotatable bonds is 9. The van der Waals surface area contributed by atoms with E-state index in [9.17, 15) is 9.59 Å². The molecule has 44 heavy (non-hydrogen) atoms. The van der Waals surface area contributed by atoms with Crippen LogP contribution in [0, 0.1) is 0 Å². The summed E-state index contributed by atoms with van der Waals surface area (Å²) in [6.45, 7) is 4.23. The van der Waals surface area contributed by atoms with Gasteiger partial charge in [-0.2, -0.15) is 0 Å². The lowest BCUT2D eigenvalue weighted by atomic mass is 9.82. The highest BCUT2D eigenvalue weighted by Gasteiger charge is 2.46. The quantitative estimate of drug-likeness (QED) is 0.220. The Bertz CT molecular complexity index is 1490. The van der Waals surface area contributed by atoms with Gasteiger partial charge < -0.3 is 20.1 Å². The molecule has 6 heteroatoms. The van der Waals surface area contributed by atoms with Crippen molar-refractivity contribution >= 4 is 11.8 Å². The van der Waals surface area contributed by atoms with Gasteiger partial charge in [0, 0.05) is 48.2 Å². The van der Waals surface area contributed by atoms with Gasteiger partial charge in [0.15, 0.2) is 11.2 Å². The van der Waals surface area contributed by atoms with Gasteiger partial charge in [-0.05, 0) is 13.8 Å². The normalized spacial score (nSPS) is 16.7. The highest BCUT2D eigenvalue weighted by molar-refractivity contribution is 5.96. The van der Waals surface area contributed by atoms with Crippen LogP contribution in [0.4, 0.5) is 0 Å². The number of nitrogens with one attached hydrogen (secondary N) is 2. The van der Waals surface area contributed by atoms with Crippen LogP contribution in [0.1, 0.15) is 48.9 Å². The summed E-state index contributed by atoms with van der Waals surface area (Å²) in [4.78, 5) is 26.7. The Kier molecular flexibility index (Phi) is 8.07. The number of benzene rings is 4. The Balaban J connectivity index is 1.09. The summed E-state index contributed by atoms with van der Waals surface area (Å²) >= 11 is 0. The average Bonchev–Trinajstić information content (AvgIpc) is 3.63. The number of carbonyl (C=O) groups excluding carboxylic acids is 2. The minimum atomic E-state index is -0.774. The van der Waals surface area contributed by atoms with Crippen molar-refractivity contribution in [2.24, 2.45) is 0 Å². The van der Waals surface area contributed by atoms with E-state index in [4.69, 9.17) is 9.47 Å². The van der Waals surface area contributed by atoms with E-state index in [1.807, 2.05) is 135 Å². The number of hydrogen-bond donors (Lipinski definition) is 2. The fourth-order valence-electron chi connectivity index (χ4n) is 6.32. The first kappa shape index (κ1) is 29.0. The van der Waals surface area contributed by atoms with E-state index in [2.05, 4.69) is 10.6 Å². The SMILES string of the molecule is CC1=C(C(=O)NCCNC(=O)C2=C(C)OC(c3ccccc3)(c3ccccc3)C2)CC(c2ccccc2)(c2ccccc2)O1. The maximum Gasteiger partial charge on any atom is 0.250 e. The van der Waals surface area contributed by atoms with Gasteiger partial charge in [0.05, 0.1) is 11.1 Å². The summed E-state index contributed by atoms with van der Waals surface area (Å²) < 4.78 is 13.0. The second kappa shape index (κ2) is 12.3. The molecule has 0 fully saturated rings. The van der Waals surface area contributed by atoms with E-state index < -0.39 is 11.2 Å². The van der Waals surface area contributed by atoms with Crippen molar-refractivity contribution in [2.75, 3.05) is 13.1 Å². The Hall–Kier alpha value is -5.10. The average molecular weight is 585 g/mol. The third-order valence-corrected chi connectivity index (χ3v) is 8.56. The minimum absolute atomic E-state index is 0.197. The molecule has 0 atom stereocenters. The monoisotopic (exact) mass is 584 g/mol. The van der Waals surface area contributed by atoms with Crippen molar-refractivity contribution in [3.63, 3.8) is 0 Å². The molecular weight excluding hydrogens is 548 g/mol. The van der Waals surface area contributed by atoms with Crippen molar-refractivity contribution in [1.29, 1.82) is 0 Å². The van der Waals surface area contributed by atoms with Crippen LogP contribution in [-0.4, -0.2) is 24.9 Å². The van der Waals surface area contributed by atoms with Gasteiger partial charge in [-0.3, -0.25) is 9.59 Å². The van der Waals surface area contributed by atoms with Crippen molar-refractivity contribution in [2.45, 2.75) is 37.9 Å². The third kappa shape index (κ3) is 5.39. The highest BCUT2D eigenvalue weighted by Crippen LogP contribution is 2.48. The fourth-order valence-corrected chi connectivity index (χ4v) is 6.32. The molecule has 6 nitrogen and oxygen atoms in total. The van der Waals surface area contributed by atoms with Crippen LogP contribution in [-0.2, 0) is 30.3 Å². The van der Waals surface area contributed by atoms with Gasteiger partial charge in [0.25, 0.3) is 11.8 Å². The van der Waals surface area contributed by atoms with Crippen LogP contribution < -0.4 is 10.6 Å². The lowest BCUT2D eigenvalue weighted by Gasteiger charge is -2.31. The third-order valence-electron chi connectivity index (χ3n) is 8.56. The number of ether oxygens (including phenoxy) is 2. The molecule has 0 aromatic heterocycles. The van der Waals surface area contributed by atoms with Crippen LogP contribution in [0.25, 0.3) is 0 Å². The largest absolute Gasteiger partial charge is 0.482 e. The molecule has 2 aliphatic heterocycles. The Labute approximate surface area is 258 Å². The predicted octanol–water partition coefficient (Wildman–Crippen LogP) is 6.50. The molecule has 0 saturated heterocycles. The molecule has 2 heterocycles. The second-order valence-electron chi connectivity index (χ2n) is 11.3. The molecule has 6 rings (SSSR count). The second-order valence-corrected chi connectivity index (χ2v) is 11.3. The highest BCUT2D eigenvalue weighted by atomic mass is 16.5. The van der Waals surface area contributed by atoms with Gasteiger partial charge in [-0.1, -0.05) is 121 Å². The summed E-state index contributed by atoms with van der Waals surface area (Å²) in [6, 6.07) is 40.0. The standard InChI is InChI=1S/C38H36N2O4/c1-27-33(25-37(43-27,29-15-7-3-8-16-29)30-17-9-4-10-18-30)35(41)39-23-24-40-36(42)34-26-38(44-28(34)2,31-19-11-5-12-20-31)32-21-13-6-14-22-32/h3-22H,23-26H2,1-2H3,(H,39,41)(H,40,42). The van der Waals surface area contributed by atoms with Crippen molar-refractivity contribution in [1.82, 2.24) is 10.6 Å². The van der Waals surface area contributed by atoms with Crippen LogP contribution in [0.5, 0.6) is 0 Å². The molecule has 0 aliphatic carbocycles. The predicted molar refractivity (Wildman–Crippen MR) is 170 cm³/mol. The van der Waals surface area contributed by atoms with Crippen molar-refractivity contribution in [3.8, 4) is 0 Å². The zero-order valence-corrected chi connectivity index (χ0v) is 25.0. The topological polar surface area (TPSA) is 76.7 Å². The van der Waals surface area contributed by atoms with Gasteiger partial charge in [-0.15, -0.1) is 0 Å². The number of allylic oxidation sites excluding steroid dienone is 2. The van der Waals surface area contributed by atoms with E-state index in [1.165, 1.54) is 0 Å². The minimum Gasteiger partial charge on any atom is -0.482 e. The number of hydrogen-bond acceptors (Lipinski definition) is 4. The van der Waals surface area contributed by atoms with Crippen LogP contribution in [0.2, 0.25) is 0 Å². The van der Waals surface area contributed by atoms with Gasteiger partial charge in [0.1, 0.15) is 11.5 Å². The summed E-state index contributed by atoms with van der Waals surface area (Å²) in [7, 11) is 0. The van der Waals surface area contributed by atoms with Crippen LogP contribution in [0.3, 0.4) is 0 Å². The molecule has 0 saturated carbocycles. The van der Waals surface area contributed by atoms with Crippen molar-refractivity contribution in [3.05, 3.63) is 166 Å². The molecule has 4 aromatic carbocycles. The zero-order valence-electron chi connectivity index (χ0n) is 25.0. The van der Waals surface area contributed by atoms with E-state index in [0.717, 1.165) is 22.3 Å². The number of carbonyl (C=O) groups is 2. The first-order valence-corrected chi connectivity index (χ1v) is 15.0. The van der Waals surface area contributed by atoms with E-state index in [0.29, 0.717) is 35.5 Å². The molecular formula is C38H36N2O4. The van der Waals surface area contributed by atoms with Crippen LogP contribution >= 0.6 is 0 Å². The maximum atomic E-state index is 13.4. The lowest BCUT2D eigenvalue weighted by Crippen LogP contribution is -2.36. The summed E-state index contributed by atoms with van der Waals surface area (Å²) in [5, 5.41) is 5.96. The summed E-state index contributed by atoms with van der Waals surface area (Å²) in [5.41, 5.74) is 3.61. The molecule has 0 spiro atoms. The van der Waals surface area contributed by atoms with E-state index in [-0.39, 0.29) is 24.9 Å². The summed E-state index contributed by atoms with van der Waals surface area (Å²) in [6.07, 6.45) is 0.824. The van der Waals surface area contributed by atoms with E-state index in [1.54, 1.807) is 0 Å². The molecule has 0 bridgehead atoms. The first-order chi connectivity index (χ1) is 21.4. The van der Waals surface area contributed by atoms with Crippen LogP contribution in [0.15, 0.2) is 144 Å². The summed E-state index contributed by atoms with van der Waals surface area (Å²) in [5.74, 6) is 0.803. The Morgan fingerprint density at radius 3 is 1.07 bits per heavy atom.